The number of ether oxygens (including phenoxy) is 2. The molecular formula is C28H24N4O3. The molecule has 0 saturated heterocycles. The first-order valence-electron chi connectivity index (χ1n) is 11.3. The number of nitriles is 1. The molecule has 7 heteroatoms. The van der Waals surface area contributed by atoms with Crippen molar-refractivity contribution < 1.29 is 14.3 Å². The molecule has 7 nitrogen and oxygen atoms in total. The fourth-order valence-electron chi connectivity index (χ4n) is 4.37. The Bertz CT molecular complexity index is 1420. The van der Waals surface area contributed by atoms with Crippen molar-refractivity contribution >= 4 is 11.6 Å². The summed E-state index contributed by atoms with van der Waals surface area (Å²) in [6, 6.07) is 21.3. The van der Waals surface area contributed by atoms with E-state index in [9.17, 15) is 10.1 Å². The Kier molecular flexibility index (Phi) is 5.94. The standard InChI is InChI=1S/C28H24N4O3/c1-19-15-26-24(17-22(19)16-20-7-9-23(10-8-20)32-12-4-11-30-32)28(33)31(13-14-35-26)27-21(18-29)5-3-6-25(27)34-2/h3-12,15,17H,13-14,16H2,1-2H3. The number of aryl methyl sites for hydroxylation is 1. The minimum Gasteiger partial charge on any atom is -0.495 e. The van der Waals surface area contributed by atoms with E-state index in [0.29, 0.717) is 47.9 Å². The molecule has 1 aromatic heterocycles. The van der Waals surface area contributed by atoms with E-state index >= 15 is 0 Å². The van der Waals surface area contributed by atoms with E-state index in [1.165, 1.54) is 7.11 Å². The number of carbonyl (C=O) groups excluding carboxylic acids is 1. The number of hydrogen-bond donors (Lipinski definition) is 0. The average molecular weight is 465 g/mol. The maximum absolute atomic E-state index is 13.7. The van der Waals surface area contributed by atoms with Crippen LogP contribution >= 0.6 is 0 Å². The predicted octanol–water partition coefficient (Wildman–Crippen LogP) is 4.69. The lowest BCUT2D eigenvalue weighted by molar-refractivity contribution is 0.0989. The quantitative estimate of drug-likeness (QED) is 0.428. The number of aromatic nitrogens is 2. The first-order valence-corrected chi connectivity index (χ1v) is 11.3. The summed E-state index contributed by atoms with van der Waals surface area (Å²) in [5, 5.41) is 13.9. The SMILES string of the molecule is COc1cccc(C#N)c1N1CCOc2cc(C)c(Cc3ccc(-n4cccn4)cc3)cc2C1=O. The number of hydrogen-bond acceptors (Lipinski definition) is 5. The van der Waals surface area contributed by atoms with Crippen molar-refractivity contribution in [3.8, 4) is 23.3 Å². The van der Waals surface area contributed by atoms with Crippen LogP contribution < -0.4 is 14.4 Å². The summed E-state index contributed by atoms with van der Waals surface area (Å²) in [6.07, 6.45) is 4.33. The molecule has 0 N–H and O–H groups in total. The maximum Gasteiger partial charge on any atom is 0.262 e. The zero-order valence-corrected chi connectivity index (χ0v) is 19.6. The highest BCUT2D eigenvalue weighted by Crippen LogP contribution is 2.36. The van der Waals surface area contributed by atoms with Crippen LogP contribution in [0.25, 0.3) is 5.69 Å². The molecule has 0 unspecified atom stereocenters. The molecule has 0 aliphatic carbocycles. The number of carbonyl (C=O) groups is 1. The molecule has 174 valence electrons. The lowest BCUT2D eigenvalue weighted by atomic mass is 9.96. The van der Waals surface area contributed by atoms with Crippen molar-refractivity contribution in [2.24, 2.45) is 0 Å². The number of nitrogens with zero attached hydrogens (tertiary/aromatic N) is 4. The summed E-state index contributed by atoms with van der Waals surface area (Å²) >= 11 is 0. The Morgan fingerprint density at radius 3 is 2.69 bits per heavy atom. The summed E-state index contributed by atoms with van der Waals surface area (Å²) in [4.78, 5) is 15.3. The largest absolute Gasteiger partial charge is 0.495 e. The van der Waals surface area contributed by atoms with Crippen LogP contribution in [-0.2, 0) is 6.42 Å². The number of para-hydroxylation sites is 1. The molecule has 0 radical (unpaired) electrons. The highest BCUT2D eigenvalue weighted by atomic mass is 16.5. The first-order chi connectivity index (χ1) is 17.1. The minimum atomic E-state index is -0.214. The van der Waals surface area contributed by atoms with Gasteiger partial charge in [-0.15, -0.1) is 0 Å². The molecule has 3 aromatic carbocycles. The normalized spacial score (nSPS) is 12.9. The second-order valence-corrected chi connectivity index (χ2v) is 8.34. The molecular weight excluding hydrogens is 440 g/mol. The van der Waals surface area contributed by atoms with Crippen LogP contribution in [0.2, 0.25) is 0 Å². The number of anilines is 1. The van der Waals surface area contributed by atoms with E-state index in [1.807, 2.05) is 48.1 Å². The number of benzene rings is 3. The molecule has 5 rings (SSSR count). The van der Waals surface area contributed by atoms with E-state index in [-0.39, 0.29) is 5.91 Å². The monoisotopic (exact) mass is 464 g/mol. The third-order valence-electron chi connectivity index (χ3n) is 6.20. The van der Waals surface area contributed by atoms with Gasteiger partial charge in [-0.25, -0.2) is 4.68 Å². The summed E-state index contributed by atoms with van der Waals surface area (Å²) in [5.74, 6) is 0.820. The fourth-order valence-corrected chi connectivity index (χ4v) is 4.37. The Morgan fingerprint density at radius 2 is 1.97 bits per heavy atom. The Labute approximate surface area is 203 Å². The Morgan fingerprint density at radius 1 is 1.14 bits per heavy atom. The molecule has 1 aliphatic heterocycles. The zero-order valence-electron chi connectivity index (χ0n) is 19.6. The molecule has 1 amide bonds. The van der Waals surface area contributed by atoms with Crippen molar-refractivity contribution in [1.82, 2.24) is 9.78 Å². The third kappa shape index (κ3) is 4.22. The van der Waals surface area contributed by atoms with Crippen molar-refractivity contribution in [3.05, 3.63) is 101 Å². The van der Waals surface area contributed by atoms with Crippen molar-refractivity contribution in [2.75, 3.05) is 25.2 Å². The highest BCUT2D eigenvalue weighted by molar-refractivity contribution is 6.09. The van der Waals surface area contributed by atoms with Gasteiger partial charge in [-0.2, -0.15) is 10.4 Å². The van der Waals surface area contributed by atoms with E-state index in [1.54, 1.807) is 29.3 Å². The zero-order chi connectivity index (χ0) is 24.4. The van der Waals surface area contributed by atoms with Gasteiger partial charge in [0.25, 0.3) is 5.91 Å². The van der Waals surface area contributed by atoms with Gasteiger partial charge in [0.15, 0.2) is 0 Å². The van der Waals surface area contributed by atoms with Crippen LogP contribution in [0.5, 0.6) is 11.5 Å². The molecule has 0 spiro atoms. The number of fused-ring (bicyclic) bond motifs is 1. The maximum atomic E-state index is 13.7. The lowest BCUT2D eigenvalue weighted by Gasteiger charge is -2.23. The summed E-state index contributed by atoms with van der Waals surface area (Å²) in [6.45, 7) is 2.65. The predicted molar refractivity (Wildman–Crippen MR) is 132 cm³/mol. The molecule has 0 bridgehead atoms. The van der Waals surface area contributed by atoms with Crippen LogP contribution in [0.15, 0.2) is 73.1 Å². The van der Waals surface area contributed by atoms with Gasteiger partial charge < -0.3 is 14.4 Å². The van der Waals surface area contributed by atoms with Gasteiger partial charge in [0, 0.05) is 12.4 Å². The summed E-state index contributed by atoms with van der Waals surface area (Å²) in [5.41, 5.74) is 5.53. The summed E-state index contributed by atoms with van der Waals surface area (Å²) in [7, 11) is 1.53. The smallest absolute Gasteiger partial charge is 0.262 e. The Hall–Kier alpha value is -4.57. The summed E-state index contributed by atoms with van der Waals surface area (Å²) < 4.78 is 13.3. The van der Waals surface area contributed by atoms with E-state index in [0.717, 1.165) is 22.4 Å². The van der Waals surface area contributed by atoms with Gasteiger partial charge >= 0.3 is 0 Å². The second-order valence-electron chi connectivity index (χ2n) is 8.34. The second kappa shape index (κ2) is 9.35. The fraction of sp³-hybridized carbons (Fsp3) is 0.179. The van der Waals surface area contributed by atoms with Crippen LogP contribution in [0.1, 0.15) is 32.6 Å². The van der Waals surface area contributed by atoms with Crippen molar-refractivity contribution in [3.63, 3.8) is 0 Å². The van der Waals surface area contributed by atoms with Gasteiger partial charge in [-0.05, 0) is 72.5 Å². The Balaban J connectivity index is 1.49. The lowest BCUT2D eigenvalue weighted by Crippen LogP contribution is -2.33. The topological polar surface area (TPSA) is 80.4 Å². The first kappa shape index (κ1) is 22.2. The van der Waals surface area contributed by atoms with Gasteiger partial charge in [0.05, 0.1) is 30.5 Å². The van der Waals surface area contributed by atoms with E-state index in [4.69, 9.17) is 9.47 Å². The molecule has 0 saturated carbocycles. The van der Waals surface area contributed by atoms with Crippen LogP contribution in [0.3, 0.4) is 0 Å². The molecule has 4 aromatic rings. The highest BCUT2D eigenvalue weighted by Gasteiger charge is 2.29. The number of amides is 1. The molecule has 2 heterocycles. The number of rotatable bonds is 5. The minimum absolute atomic E-state index is 0.214. The molecule has 0 fully saturated rings. The van der Waals surface area contributed by atoms with Crippen LogP contribution in [0.4, 0.5) is 5.69 Å². The van der Waals surface area contributed by atoms with Gasteiger partial charge in [0.2, 0.25) is 0 Å². The average Bonchev–Trinajstić information content (AvgIpc) is 3.38. The molecule has 0 atom stereocenters. The van der Waals surface area contributed by atoms with E-state index in [2.05, 4.69) is 23.3 Å². The van der Waals surface area contributed by atoms with Gasteiger partial charge in [0.1, 0.15) is 29.9 Å². The van der Waals surface area contributed by atoms with E-state index < -0.39 is 0 Å². The van der Waals surface area contributed by atoms with Gasteiger partial charge in [-0.3, -0.25) is 4.79 Å². The van der Waals surface area contributed by atoms with Crippen molar-refractivity contribution in [1.29, 1.82) is 5.26 Å². The number of methoxy groups -OCH3 is 1. The third-order valence-corrected chi connectivity index (χ3v) is 6.20. The molecule has 35 heavy (non-hydrogen) atoms. The van der Waals surface area contributed by atoms with Crippen LogP contribution in [-0.4, -0.2) is 35.9 Å². The molecule has 1 aliphatic rings. The van der Waals surface area contributed by atoms with Crippen LogP contribution in [0, 0.1) is 18.3 Å². The van der Waals surface area contributed by atoms with Crippen molar-refractivity contribution in [2.45, 2.75) is 13.3 Å². The van der Waals surface area contributed by atoms with Gasteiger partial charge in [-0.1, -0.05) is 18.2 Å².